The molecule has 1 aliphatic heterocycles. The summed E-state index contributed by atoms with van der Waals surface area (Å²) < 4.78 is 16.6. The van der Waals surface area contributed by atoms with Crippen LogP contribution in [0.5, 0.6) is 11.5 Å². The minimum absolute atomic E-state index is 0.156. The van der Waals surface area contributed by atoms with Gasteiger partial charge in [-0.05, 0) is 28.8 Å². The molecule has 0 aromatic heterocycles. The molecule has 0 spiro atoms. The predicted molar refractivity (Wildman–Crippen MR) is 98.0 cm³/mol. The van der Waals surface area contributed by atoms with Crippen LogP contribution < -0.4 is 9.47 Å². The van der Waals surface area contributed by atoms with Crippen LogP contribution in [0.15, 0.2) is 78.9 Å². The van der Waals surface area contributed by atoms with Crippen LogP contribution in [0.1, 0.15) is 5.56 Å². The van der Waals surface area contributed by atoms with Gasteiger partial charge in [0.25, 0.3) is 0 Å². The number of ether oxygens (including phenoxy) is 3. The second-order valence-corrected chi connectivity index (χ2v) is 6.03. The van der Waals surface area contributed by atoms with Gasteiger partial charge in [0.05, 0.1) is 0 Å². The monoisotopic (exact) mass is 346 g/mol. The minimum Gasteiger partial charge on any atom is -0.485 e. The molecule has 3 aromatic rings. The largest absolute Gasteiger partial charge is 0.485 e. The number of carbonyl (C=O) groups is 1. The van der Waals surface area contributed by atoms with Crippen LogP contribution in [0.2, 0.25) is 0 Å². The third kappa shape index (κ3) is 3.54. The van der Waals surface area contributed by atoms with Gasteiger partial charge in [0.2, 0.25) is 6.10 Å². The van der Waals surface area contributed by atoms with Gasteiger partial charge in [-0.15, -0.1) is 0 Å². The zero-order valence-electron chi connectivity index (χ0n) is 14.1. The van der Waals surface area contributed by atoms with Crippen molar-refractivity contribution in [3.63, 3.8) is 0 Å². The van der Waals surface area contributed by atoms with E-state index >= 15 is 0 Å². The number of esters is 1. The van der Waals surface area contributed by atoms with E-state index in [4.69, 9.17) is 14.2 Å². The number of carbonyl (C=O) groups excluding carboxylic acids is 1. The van der Waals surface area contributed by atoms with Gasteiger partial charge in [-0.2, -0.15) is 0 Å². The number of para-hydroxylation sites is 2. The molecule has 3 aromatic carbocycles. The lowest BCUT2D eigenvalue weighted by Crippen LogP contribution is -2.37. The Balaban J connectivity index is 1.35. The highest BCUT2D eigenvalue weighted by Gasteiger charge is 2.28. The number of fused-ring (bicyclic) bond motifs is 1. The molecule has 0 fully saturated rings. The van der Waals surface area contributed by atoms with Gasteiger partial charge in [0.1, 0.15) is 13.2 Å². The number of rotatable bonds is 4. The zero-order chi connectivity index (χ0) is 17.8. The second kappa shape index (κ2) is 7.31. The minimum atomic E-state index is -0.742. The highest BCUT2D eigenvalue weighted by atomic mass is 16.6. The van der Waals surface area contributed by atoms with E-state index in [0.717, 1.165) is 16.7 Å². The summed E-state index contributed by atoms with van der Waals surface area (Å²) in [6.45, 7) is 0.359. The third-order valence-corrected chi connectivity index (χ3v) is 4.21. The molecule has 0 amide bonds. The van der Waals surface area contributed by atoms with Crippen molar-refractivity contribution in [1.29, 1.82) is 0 Å². The van der Waals surface area contributed by atoms with E-state index in [-0.39, 0.29) is 13.2 Å². The Bertz CT molecular complexity index is 888. The highest BCUT2D eigenvalue weighted by molar-refractivity contribution is 5.76. The van der Waals surface area contributed by atoms with Crippen molar-refractivity contribution in [2.45, 2.75) is 12.7 Å². The molecule has 4 nitrogen and oxygen atoms in total. The van der Waals surface area contributed by atoms with Crippen LogP contribution >= 0.6 is 0 Å². The van der Waals surface area contributed by atoms with E-state index in [0.29, 0.717) is 11.5 Å². The summed E-state index contributed by atoms with van der Waals surface area (Å²) >= 11 is 0. The summed E-state index contributed by atoms with van der Waals surface area (Å²) in [6.07, 6.45) is -0.742. The third-order valence-electron chi connectivity index (χ3n) is 4.21. The molecular formula is C22H18O4. The number of benzene rings is 3. The van der Waals surface area contributed by atoms with Gasteiger partial charge in [-0.3, -0.25) is 0 Å². The van der Waals surface area contributed by atoms with E-state index in [1.165, 1.54) is 0 Å². The average Bonchev–Trinajstić information content (AvgIpc) is 2.72. The van der Waals surface area contributed by atoms with E-state index in [1.807, 2.05) is 60.7 Å². The Morgan fingerprint density at radius 3 is 2.27 bits per heavy atom. The van der Waals surface area contributed by atoms with Crippen molar-refractivity contribution in [3.8, 4) is 22.6 Å². The van der Waals surface area contributed by atoms with Crippen LogP contribution in [-0.4, -0.2) is 18.7 Å². The zero-order valence-corrected chi connectivity index (χ0v) is 14.1. The molecule has 130 valence electrons. The Morgan fingerprint density at radius 2 is 1.50 bits per heavy atom. The molecule has 0 radical (unpaired) electrons. The van der Waals surface area contributed by atoms with Crippen molar-refractivity contribution in [2.24, 2.45) is 0 Å². The molecule has 4 heteroatoms. The average molecular weight is 346 g/mol. The van der Waals surface area contributed by atoms with Crippen LogP contribution in [-0.2, 0) is 16.1 Å². The van der Waals surface area contributed by atoms with Gasteiger partial charge >= 0.3 is 5.97 Å². The summed E-state index contributed by atoms with van der Waals surface area (Å²) in [6, 6.07) is 25.4. The lowest BCUT2D eigenvalue weighted by atomic mass is 10.0. The van der Waals surface area contributed by atoms with Crippen LogP contribution in [0.4, 0.5) is 0 Å². The topological polar surface area (TPSA) is 44.8 Å². The molecule has 0 saturated carbocycles. The highest BCUT2D eigenvalue weighted by Crippen LogP contribution is 2.31. The maximum Gasteiger partial charge on any atom is 0.351 e. The molecular weight excluding hydrogens is 328 g/mol. The maximum absolute atomic E-state index is 12.2. The lowest BCUT2D eigenvalue weighted by molar-refractivity contribution is -0.155. The maximum atomic E-state index is 12.2. The van der Waals surface area contributed by atoms with Gasteiger partial charge in [0.15, 0.2) is 11.5 Å². The predicted octanol–water partition coefficient (Wildman–Crippen LogP) is 4.24. The fourth-order valence-corrected chi connectivity index (χ4v) is 2.81. The van der Waals surface area contributed by atoms with Gasteiger partial charge in [0, 0.05) is 0 Å². The Kier molecular flexibility index (Phi) is 4.56. The summed E-state index contributed by atoms with van der Waals surface area (Å²) in [5.74, 6) is 0.785. The molecule has 26 heavy (non-hydrogen) atoms. The van der Waals surface area contributed by atoms with E-state index in [2.05, 4.69) is 12.1 Å². The van der Waals surface area contributed by atoms with Crippen molar-refractivity contribution in [3.05, 3.63) is 84.4 Å². The molecule has 0 bridgehead atoms. The van der Waals surface area contributed by atoms with Gasteiger partial charge in [-0.1, -0.05) is 66.7 Å². The summed E-state index contributed by atoms with van der Waals surface area (Å²) in [4.78, 5) is 12.2. The van der Waals surface area contributed by atoms with Crippen LogP contribution in [0.25, 0.3) is 11.1 Å². The Labute approximate surface area is 152 Å². The normalized spacial score (nSPS) is 15.3. The molecule has 4 rings (SSSR count). The first-order valence-corrected chi connectivity index (χ1v) is 8.49. The van der Waals surface area contributed by atoms with E-state index < -0.39 is 12.1 Å². The van der Waals surface area contributed by atoms with E-state index in [1.54, 1.807) is 6.07 Å². The number of hydrogen-bond donors (Lipinski definition) is 0. The smallest absolute Gasteiger partial charge is 0.351 e. The van der Waals surface area contributed by atoms with Crippen molar-refractivity contribution < 1.29 is 19.0 Å². The second-order valence-electron chi connectivity index (χ2n) is 6.03. The molecule has 0 unspecified atom stereocenters. The Hall–Kier alpha value is -3.27. The first-order valence-electron chi connectivity index (χ1n) is 8.49. The standard InChI is InChI=1S/C22H18O4/c23-22(21-15-24-19-8-4-5-9-20(19)26-21)25-14-16-10-12-18(13-11-16)17-6-2-1-3-7-17/h1-13,21H,14-15H2/t21-/m1/s1. The van der Waals surface area contributed by atoms with Gasteiger partial charge in [-0.25, -0.2) is 4.79 Å². The van der Waals surface area contributed by atoms with Crippen LogP contribution in [0.3, 0.4) is 0 Å². The molecule has 0 N–H and O–H groups in total. The lowest BCUT2D eigenvalue weighted by Gasteiger charge is -2.24. The first-order chi connectivity index (χ1) is 12.8. The summed E-state index contributed by atoms with van der Waals surface area (Å²) in [5.41, 5.74) is 3.21. The quantitative estimate of drug-likeness (QED) is 0.663. The van der Waals surface area contributed by atoms with Crippen LogP contribution in [0, 0.1) is 0 Å². The molecule has 0 saturated heterocycles. The summed E-state index contributed by atoms with van der Waals surface area (Å²) in [7, 11) is 0. The van der Waals surface area contributed by atoms with Crippen molar-refractivity contribution >= 4 is 5.97 Å². The first kappa shape index (κ1) is 16.2. The fraction of sp³-hybridized carbons (Fsp3) is 0.136. The van der Waals surface area contributed by atoms with E-state index in [9.17, 15) is 4.79 Å². The Morgan fingerprint density at radius 1 is 0.846 bits per heavy atom. The number of hydrogen-bond acceptors (Lipinski definition) is 4. The summed E-state index contributed by atoms with van der Waals surface area (Å²) in [5, 5.41) is 0. The molecule has 1 aliphatic rings. The molecule has 0 aliphatic carbocycles. The van der Waals surface area contributed by atoms with Crippen molar-refractivity contribution in [2.75, 3.05) is 6.61 Å². The van der Waals surface area contributed by atoms with Gasteiger partial charge < -0.3 is 14.2 Å². The fourth-order valence-electron chi connectivity index (χ4n) is 2.81. The van der Waals surface area contributed by atoms with Crippen molar-refractivity contribution in [1.82, 2.24) is 0 Å². The SMILES string of the molecule is O=C(OCc1ccc(-c2ccccc2)cc1)[C@H]1COc2ccccc2O1. The molecule has 1 atom stereocenters. The molecule has 1 heterocycles.